The van der Waals surface area contributed by atoms with Gasteiger partial charge < -0.3 is 9.64 Å². The summed E-state index contributed by atoms with van der Waals surface area (Å²) in [5.41, 5.74) is 2.09. The highest BCUT2D eigenvalue weighted by atomic mass is 16.5. The maximum absolute atomic E-state index is 11.9. The lowest BCUT2D eigenvalue weighted by Gasteiger charge is -2.32. The lowest BCUT2D eigenvalue weighted by atomic mass is 9.98. The number of piperidine rings is 1. The molecule has 1 aromatic carbocycles. The molecule has 0 radical (unpaired) electrons. The highest BCUT2D eigenvalue weighted by Crippen LogP contribution is 2.24. The minimum absolute atomic E-state index is 0.0335. The van der Waals surface area contributed by atoms with Crippen LogP contribution in [-0.4, -0.2) is 35.4 Å². The Morgan fingerprint density at radius 3 is 2.91 bits per heavy atom. The molecule has 1 aliphatic rings. The number of aromatic nitrogens is 2. The standard InChI is InChI=1S/C17H21N3O2/c1-2-22-17(21)14-7-6-10-19(12-14)16-11-18-20(13-16)15-8-4-3-5-9-15/h3-5,8-9,11,13-14H,2,6-7,10,12H2,1H3. The van der Waals surface area contributed by atoms with Gasteiger partial charge in [0.05, 0.1) is 36.3 Å². The summed E-state index contributed by atoms with van der Waals surface area (Å²) in [6.45, 7) is 3.96. The third-order valence-corrected chi connectivity index (χ3v) is 4.00. The Morgan fingerprint density at radius 2 is 2.14 bits per heavy atom. The molecule has 0 saturated carbocycles. The molecule has 0 amide bonds. The number of hydrogen-bond acceptors (Lipinski definition) is 4. The number of carbonyl (C=O) groups is 1. The minimum Gasteiger partial charge on any atom is -0.466 e. The number of ether oxygens (including phenoxy) is 1. The molecule has 116 valence electrons. The summed E-state index contributed by atoms with van der Waals surface area (Å²) in [6, 6.07) is 10.0. The smallest absolute Gasteiger partial charge is 0.310 e. The van der Waals surface area contributed by atoms with E-state index in [1.54, 1.807) is 0 Å². The number of hydrogen-bond donors (Lipinski definition) is 0. The van der Waals surface area contributed by atoms with Crippen LogP contribution >= 0.6 is 0 Å². The molecule has 1 aromatic heterocycles. The first-order valence-corrected chi connectivity index (χ1v) is 7.79. The molecule has 1 aliphatic heterocycles. The second kappa shape index (κ2) is 6.64. The Morgan fingerprint density at radius 1 is 1.32 bits per heavy atom. The Hall–Kier alpha value is -2.30. The third-order valence-electron chi connectivity index (χ3n) is 4.00. The molecule has 0 aliphatic carbocycles. The number of carbonyl (C=O) groups excluding carboxylic acids is 1. The van der Waals surface area contributed by atoms with Gasteiger partial charge in [0.25, 0.3) is 0 Å². The fraction of sp³-hybridized carbons (Fsp3) is 0.412. The van der Waals surface area contributed by atoms with Crippen molar-refractivity contribution < 1.29 is 9.53 Å². The van der Waals surface area contributed by atoms with Crippen LogP contribution in [0.1, 0.15) is 19.8 Å². The molecular formula is C17H21N3O2. The third kappa shape index (κ3) is 3.13. The first-order valence-electron chi connectivity index (χ1n) is 7.79. The van der Waals surface area contributed by atoms with Crippen LogP contribution in [0.4, 0.5) is 5.69 Å². The average Bonchev–Trinajstić information content (AvgIpc) is 3.06. The van der Waals surface area contributed by atoms with Gasteiger partial charge in [0, 0.05) is 13.1 Å². The maximum atomic E-state index is 11.9. The quantitative estimate of drug-likeness (QED) is 0.814. The van der Waals surface area contributed by atoms with Crippen molar-refractivity contribution in [1.82, 2.24) is 9.78 Å². The van der Waals surface area contributed by atoms with Crippen molar-refractivity contribution >= 4 is 11.7 Å². The van der Waals surface area contributed by atoms with Gasteiger partial charge in [0.15, 0.2) is 0 Å². The molecule has 3 rings (SSSR count). The zero-order valence-electron chi connectivity index (χ0n) is 12.8. The van der Waals surface area contributed by atoms with Crippen molar-refractivity contribution in [3.8, 4) is 5.69 Å². The molecule has 22 heavy (non-hydrogen) atoms. The van der Waals surface area contributed by atoms with Gasteiger partial charge in [-0.15, -0.1) is 0 Å². The van der Waals surface area contributed by atoms with E-state index in [0.717, 1.165) is 30.8 Å². The molecule has 5 nitrogen and oxygen atoms in total. The van der Waals surface area contributed by atoms with Crippen LogP contribution in [0.25, 0.3) is 5.69 Å². The van der Waals surface area contributed by atoms with E-state index in [4.69, 9.17) is 4.74 Å². The number of para-hydroxylation sites is 1. The van der Waals surface area contributed by atoms with Crippen LogP contribution in [0.5, 0.6) is 0 Å². The molecule has 1 fully saturated rings. The molecular weight excluding hydrogens is 278 g/mol. The Labute approximate surface area is 130 Å². The zero-order valence-corrected chi connectivity index (χ0v) is 12.8. The highest BCUT2D eigenvalue weighted by molar-refractivity contribution is 5.73. The van der Waals surface area contributed by atoms with Crippen LogP contribution in [0.3, 0.4) is 0 Å². The van der Waals surface area contributed by atoms with Gasteiger partial charge in [0.1, 0.15) is 0 Å². The van der Waals surface area contributed by atoms with E-state index in [2.05, 4.69) is 10.00 Å². The van der Waals surface area contributed by atoms with Gasteiger partial charge in [0.2, 0.25) is 0 Å². The van der Waals surface area contributed by atoms with Crippen molar-refractivity contribution in [3.05, 3.63) is 42.7 Å². The summed E-state index contributed by atoms with van der Waals surface area (Å²) >= 11 is 0. The van der Waals surface area contributed by atoms with Crippen molar-refractivity contribution in [1.29, 1.82) is 0 Å². The lowest BCUT2D eigenvalue weighted by molar-refractivity contribution is -0.148. The second-order valence-electron chi connectivity index (χ2n) is 5.52. The van der Waals surface area contributed by atoms with Gasteiger partial charge >= 0.3 is 5.97 Å². The summed E-state index contributed by atoms with van der Waals surface area (Å²) in [6.07, 6.45) is 5.78. The lowest BCUT2D eigenvalue weighted by Crippen LogP contribution is -2.39. The van der Waals surface area contributed by atoms with E-state index in [9.17, 15) is 4.79 Å². The van der Waals surface area contributed by atoms with Crippen molar-refractivity contribution in [2.45, 2.75) is 19.8 Å². The molecule has 1 unspecified atom stereocenters. The Kier molecular flexibility index (Phi) is 4.42. The SMILES string of the molecule is CCOC(=O)C1CCCN(c2cnn(-c3ccccc3)c2)C1. The first-order chi connectivity index (χ1) is 10.8. The molecule has 0 spiro atoms. The molecule has 0 N–H and O–H groups in total. The summed E-state index contributed by atoms with van der Waals surface area (Å²) < 4.78 is 7.02. The van der Waals surface area contributed by atoms with Crippen molar-refractivity contribution in [2.75, 3.05) is 24.6 Å². The van der Waals surface area contributed by atoms with Crippen molar-refractivity contribution in [2.24, 2.45) is 5.92 Å². The summed E-state index contributed by atoms with van der Waals surface area (Å²) in [5.74, 6) is -0.114. The molecule has 2 aromatic rings. The van der Waals surface area contributed by atoms with E-state index in [1.807, 2.05) is 54.3 Å². The van der Waals surface area contributed by atoms with Gasteiger partial charge in [-0.05, 0) is 31.9 Å². The average molecular weight is 299 g/mol. The normalized spacial score (nSPS) is 18.2. The fourth-order valence-electron chi connectivity index (χ4n) is 2.86. The number of esters is 1. The summed E-state index contributed by atoms with van der Waals surface area (Å²) in [5, 5.41) is 4.43. The van der Waals surface area contributed by atoms with Crippen LogP contribution in [0, 0.1) is 5.92 Å². The van der Waals surface area contributed by atoms with Crippen LogP contribution in [0.15, 0.2) is 42.7 Å². The van der Waals surface area contributed by atoms with E-state index in [0.29, 0.717) is 13.2 Å². The van der Waals surface area contributed by atoms with Crippen LogP contribution < -0.4 is 4.90 Å². The number of rotatable bonds is 4. The second-order valence-corrected chi connectivity index (χ2v) is 5.52. The summed E-state index contributed by atoms with van der Waals surface area (Å²) in [7, 11) is 0. The van der Waals surface area contributed by atoms with Gasteiger partial charge in [-0.2, -0.15) is 5.10 Å². The van der Waals surface area contributed by atoms with Crippen LogP contribution in [0.2, 0.25) is 0 Å². The number of benzene rings is 1. The predicted molar refractivity (Wildman–Crippen MR) is 85.1 cm³/mol. The molecule has 1 saturated heterocycles. The van der Waals surface area contributed by atoms with E-state index < -0.39 is 0 Å². The predicted octanol–water partition coefficient (Wildman–Crippen LogP) is 2.65. The molecule has 0 bridgehead atoms. The minimum atomic E-state index is -0.0809. The maximum Gasteiger partial charge on any atom is 0.310 e. The number of anilines is 1. The molecule has 2 heterocycles. The van der Waals surface area contributed by atoms with E-state index in [1.165, 1.54) is 0 Å². The highest BCUT2D eigenvalue weighted by Gasteiger charge is 2.27. The number of nitrogens with zero attached hydrogens (tertiary/aromatic N) is 3. The van der Waals surface area contributed by atoms with Gasteiger partial charge in [-0.1, -0.05) is 18.2 Å². The monoisotopic (exact) mass is 299 g/mol. The summed E-state index contributed by atoms with van der Waals surface area (Å²) in [4.78, 5) is 14.2. The van der Waals surface area contributed by atoms with Gasteiger partial charge in [-0.3, -0.25) is 4.79 Å². The van der Waals surface area contributed by atoms with Crippen molar-refractivity contribution in [3.63, 3.8) is 0 Å². The largest absolute Gasteiger partial charge is 0.466 e. The van der Waals surface area contributed by atoms with E-state index >= 15 is 0 Å². The Balaban J connectivity index is 1.72. The van der Waals surface area contributed by atoms with Gasteiger partial charge in [-0.25, -0.2) is 4.68 Å². The van der Waals surface area contributed by atoms with E-state index in [-0.39, 0.29) is 11.9 Å². The first kappa shape index (κ1) is 14.6. The fourth-order valence-corrected chi connectivity index (χ4v) is 2.86. The molecule has 1 atom stereocenters. The van der Waals surface area contributed by atoms with Crippen LogP contribution in [-0.2, 0) is 9.53 Å². The zero-order chi connectivity index (χ0) is 15.4. The molecule has 5 heteroatoms. The Bertz CT molecular complexity index is 624. The topological polar surface area (TPSA) is 47.4 Å².